The lowest BCUT2D eigenvalue weighted by Crippen LogP contribution is -2.19. The molecule has 0 fully saturated rings. The quantitative estimate of drug-likeness (QED) is 0.616. The average molecular weight is 401 g/mol. The van der Waals surface area contributed by atoms with Crippen molar-refractivity contribution in [3.05, 3.63) is 32.3 Å². The van der Waals surface area contributed by atoms with Gasteiger partial charge in [-0.3, -0.25) is 0 Å². The SMILES string of the molecule is [B]c1c(Oc2c(Cl)cc(N)cc2Br)nnc(Cl)c1C(C)CC. The number of nitrogens with zero attached hydrogens (tertiary/aromatic N) is 2. The van der Waals surface area contributed by atoms with E-state index in [0.717, 1.165) is 12.0 Å². The smallest absolute Gasteiger partial charge is 0.232 e. The Labute approximate surface area is 148 Å². The van der Waals surface area contributed by atoms with Gasteiger partial charge in [-0.05, 0) is 51.4 Å². The molecule has 0 aliphatic rings. The van der Waals surface area contributed by atoms with Crippen LogP contribution in [0.15, 0.2) is 16.6 Å². The minimum Gasteiger partial charge on any atom is -0.435 e. The summed E-state index contributed by atoms with van der Waals surface area (Å²) in [4.78, 5) is 0. The Bertz CT molecular complexity index is 692. The molecule has 0 aliphatic carbocycles. The van der Waals surface area contributed by atoms with Gasteiger partial charge in [-0.15, -0.1) is 10.2 Å². The molecular weight excluding hydrogens is 388 g/mol. The van der Waals surface area contributed by atoms with E-state index in [1.807, 2.05) is 13.8 Å². The van der Waals surface area contributed by atoms with Crippen LogP contribution < -0.4 is 15.9 Å². The van der Waals surface area contributed by atoms with Crippen LogP contribution in [0.5, 0.6) is 11.6 Å². The third-order valence-corrected chi connectivity index (χ3v) is 4.44. The summed E-state index contributed by atoms with van der Waals surface area (Å²) >= 11 is 15.6. The van der Waals surface area contributed by atoms with E-state index in [4.69, 9.17) is 41.5 Å². The van der Waals surface area contributed by atoms with E-state index in [1.54, 1.807) is 12.1 Å². The van der Waals surface area contributed by atoms with Crippen LogP contribution in [0.2, 0.25) is 10.2 Å². The summed E-state index contributed by atoms with van der Waals surface area (Å²) in [6.07, 6.45) is 0.862. The van der Waals surface area contributed by atoms with Gasteiger partial charge < -0.3 is 10.5 Å². The minimum absolute atomic E-state index is 0.135. The molecule has 0 saturated carbocycles. The van der Waals surface area contributed by atoms with Crippen molar-refractivity contribution in [1.82, 2.24) is 10.2 Å². The summed E-state index contributed by atoms with van der Waals surface area (Å²) in [5.41, 5.74) is 7.30. The lowest BCUT2D eigenvalue weighted by atomic mass is 9.85. The number of hydrogen-bond acceptors (Lipinski definition) is 4. The van der Waals surface area contributed by atoms with Gasteiger partial charge in [-0.25, -0.2) is 0 Å². The second kappa shape index (κ2) is 7.07. The molecule has 1 aromatic carbocycles. The van der Waals surface area contributed by atoms with Crippen LogP contribution in [0.25, 0.3) is 0 Å². The van der Waals surface area contributed by atoms with Crippen molar-refractivity contribution in [2.75, 3.05) is 5.73 Å². The minimum atomic E-state index is 0.135. The number of rotatable bonds is 4. The lowest BCUT2D eigenvalue weighted by Gasteiger charge is -2.17. The first-order chi connectivity index (χ1) is 10.3. The molecule has 114 valence electrons. The zero-order chi connectivity index (χ0) is 16.4. The fourth-order valence-corrected chi connectivity index (χ4v) is 3.21. The number of anilines is 1. The maximum atomic E-state index is 6.15. The van der Waals surface area contributed by atoms with E-state index >= 15 is 0 Å². The summed E-state index contributed by atoms with van der Waals surface area (Å²) < 4.78 is 6.32. The second-order valence-electron chi connectivity index (χ2n) is 4.85. The Morgan fingerprint density at radius 2 is 2.05 bits per heavy atom. The highest BCUT2D eigenvalue weighted by Gasteiger charge is 2.19. The topological polar surface area (TPSA) is 61.0 Å². The van der Waals surface area contributed by atoms with Crippen molar-refractivity contribution < 1.29 is 4.74 Å². The van der Waals surface area contributed by atoms with Crippen molar-refractivity contribution in [1.29, 1.82) is 0 Å². The van der Waals surface area contributed by atoms with E-state index in [2.05, 4.69) is 26.1 Å². The molecule has 1 heterocycles. The van der Waals surface area contributed by atoms with Gasteiger partial charge in [0, 0.05) is 5.69 Å². The van der Waals surface area contributed by atoms with Crippen molar-refractivity contribution in [2.45, 2.75) is 26.2 Å². The Kier molecular flexibility index (Phi) is 5.58. The molecule has 4 nitrogen and oxygen atoms in total. The highest BCUT2D eigenvalue weighted by Crippen LogP contribution is 2.38. The molecule has 8 heteroatoms. The summed E-state index contributed by atoms with van der Waals surface area (Å²) in [6.45, 7) is 4.05. The fraction of sp³-hybridized carbons (Fsp3) is 0.286. The summed E-state index contributed by atoms with van der Waals surface area (Å²) in [7, 11) is 6.14. The van der Waals surface area contributed by atoms with Crippen LogP contribution >= 0.6 is 39.1 Å². The number of nitrogen functional groups attached to an aromatic ring is 1. The van der Waals surface area contributed by atoms with Gasteiger partial charge in [0.25, 0.3) is 0 Å². The Hall–Kier alpha value is -0.975. The van der Waals surface area contributed by atoms with Crippen molar-refractivity contribution in [2.24, 2.45) is 0 Å². The molecule has 2 aromatic rings. The number of hydrogen-bond donors (Lipinski definition) is 1. The van der Waals surface area contributed by atoms with Gasteiger partial charge in [0.2, 0.25) is 5.88 Å². The van der Waals surface area contributed by atoms with Gasteiger partial charge in [0.05, 0.1) is 9.50 Å². The molecule has 0 amide bonds. The third kappa shape index (κ3) is 3.50. The molecule has 2 N–H and O–H groups in total. The van der Waals surface area contributed by atoms with Crippen LogP contribution in [-0.2, 0) is 0 Å². The normalized spacial score (nSPS) is 12.2. The summed E-state index contributed by atoms with van der Waals surface area (Å²) in [5.74, 6) is 0.664. The van der Waals surface area contributed by atoms with Crippen LogP contribution in [-0.4, -0.2) is 18.0 Å². The largest absolute Gasteiger partial charge is 0.435 e. The molecule has 22 heavy (non-hydrogen) atoms. The maximum absolute atomic E-state index is 6.15. The summed E-state index contributed by atoms with van der Waals surface area (Å²) in [6, 6.07) is 3.26. The van der Waals surface area contributed by atoms with E-state index in [0.29, 0.717) is 26.4 Å². The Morgan fingerprint density at radius 3 is 2.64 bits per heavy atom. The molecule has 0 saturated heterocycles. The molecule has 0 spiro atoms. The number of nitrogens with two attached hydrogens (primary N) is 1. The number of aromatic nitrogens is 2. The van der Waals surface area contributed by atoms with E-state index in [1.165, 1.54) is 0 Å². The number of benzene rings is 1. The van der Waals surface area contributed by atoms with Crippen LogP contribution in [0, 0.1) is 0 Å². The Morgan fingerprint density at radius 1 is 1.36 bits per heavy atom. The Balaban J connectivity index is 2.47. The van der Waals surface area contributed by atoms with Gasteiger partial charge in [-0.2, -0.15) is 0 Å². The van der Waals surface area contributed by atoms with Crippen LogP contribution in [0.4, 0.5) is 5.69 Å². The molecule has 0 aliphatic heterocycles. The van der Waals surface area contributed by atoms with Crippen molar-refractivity contribution in [3.8, 4) is 11.6 Å². The average Bonchev–Trinajstić information content (AvgIpc) is 2.44. The van der Waals surface area contributed by atoms with E-state index in [-0.39, 0.29) is 17.0 Å². The molecular formula is C14H13BBrCl2N3O. The first-order valence-electron chi connectivity index (χ1n) is 6.59. The standard InChI is InChI=1S/C14H13BBrCl2N3O/c1-3-6(2)10-11(15)14(21-20-13(10)18)22-12-8(16)4-7(19)5-9(12)17/h4-6H,3,19H2,1-2H3. The molecule has 2 rings (SSSR count). The highest BCUT2D eigenvalue weighted by molar-refractivity contribution is 9.10. The number of halogens is 3. The predicted molar refractivity (Wildman–Crippen MR) is 94.8 cm³/mol. The molecule has 1 atom stereocenters. The first-order valence-corrected chi connectivity index (χ1v) is 8.13. The van der Waals surface area contributed by atoms with E-state index < -0.39 is 0 Å². The van der Waals surface area contributed by atoms with Crippen molar-refractivity contribution >= 4 is 58.1 Å². The molecule has 1 unspecified atom stereocenters. The highest BCUT2D eigenvalue weighted by atomic mass is 79.9. The van der Waals surface area contributed by atoms with Crippen LogP contribution in [0.1, 0.15) is 31.7 Å². The zero-order valence-corrected chi connectivity index (χ0v) is 15.1. The maximum Gasteiger partial charge on any atom is 0.232 e. The van der Waals surface area contributed by atoms with E-state index in [9.17, 15) is 0 Å². The van der Waals surface area contributed by atoms with Crippen LogP contribution in [0.3, 0.4) is 0 Å². The van der Waals surface area contributed by atoms with Gasteiger partial charge in [0.1, 0.15) is 7.85 Å². The zero-order valence-electron chi connectivity index (χ0n) is 12.0. The summed E-state index contributed by atoms with van der Waals surface area (Å²) in [5, 5.41) is 8.44. The number of ether oxygens (including phenoxy) is 1. The monoisotopic (exact) mass is 399 g/mol. The molecule has 2 radical (unpaired) electrons. The van der Waals surface area contributed by atoms with Crippen molar-refractivity contribution in [3.63, 3.8) is 0 Å². The first kappa shape index (κ1) is 17.4. The third-order valence-electron chi connectivity index (χ3n) is 3.30. The van der Waals surface area contributed by atoms with Gasteiger partial charge >= 0.3 is 0 Å². The molecule has 0 bridgehead atoms. The molecule has 1 aromatic heterocycles. The lowest BCUT2D eigenvalue weighted by molar-refractivity contribution is 0.455. The second-order valence-corrected chi connectivity index (χ2v) is 6.47. The fourth-order valence-electron chi connectivity index (χ4n) is 1.95. The van der Waals surface area contributed by atoms with Gasteiger partial charge in [0.15, 0.2) is 10.9 Å². The van der Waals surface area contributed by atoms with Gasteiger partial charge in [-0.1, -0.05) is 37.0 Å². The predicted octanol–water partition coefficient (Wildman–Crippen LogP) is 4.23.